The minimum Gasteiger partial charge on any atom is -0.481 e. The maximum absolute atomic E-state index is 10.3. The molecule has 0 bridgehead atoms. The molecular weight excluding hydrogens is 171 g/mol. The minimum atomic E-state index is -0.783. The van der Waals surface area contributed by atoms with Crippen LogP contribution in [-0.4, -0.2) is 11.1 Å². The predicted octanol–water partition coefficient (Wildman–Crippen LogP) is -0.533. The van der Waals surface area contributed by atoms with E-state index in [0.29, 0.717) is 0 Å². The maximum atomic E-state index is 10.3. The van der Waals surface area contributed by atoms with Crippen molar-refractivity contribution in [2.24, 2.45) is 0 Å². The molecule has 72 valence electrons. The zero-order valence-corrected chi connectivity index (χ0v) is 9.08. The Morgan fingerprint density at radius 2 is 1.71 bits per heavy atom. The van der Waals surface area contributed by atoms with Gasteiger partial charge in [0.05, 0.1) is 6.42 Å². The van der Waals surface area contributed by atoms with E-state index in [1.54, 1.807) is 6.92 Å². The van der Waals surface area contributed by atoms with Crippen LogP contribution in [0.3, 0.4) is 0 Å². The number of aryl methyl sites for hydroxylation is 1. The van der Waals surface area contributed by atoms with Crippen molar-refractivity contribution in [3.8, 4) is 0 Å². The molecule has 0 unspecified atom stereocenters. The Bertz CT molecular complexity index is 254. The van der Waals surface area contributed by atoms with Crippen LogP contribution in [0.15, 0.2) is 24.3 Å². The SMILES string of the molecule is Cc1ccc(CC(=O)O)cc1.[CH2-]C.[Li+]. The zero-order chi connectivity index (χ0) is 10.3. The molecule has 0 heterocycles. The van der Waals surface area contributed by atoms with Crippen LogP contribution in [0, 0.1) is 13.8 Å². The third kappa shape index (κ3) is 6.77. The number of carboxylic acids is 1. The third-order valence-corrected chi connectivity index (χ3v) is 1.48. The average Bonchev–Trinajstić information content (AvgIpc) is 2.12. The van der Waals surface area contributed by atoms with Gasteiger partial charge in [-0.15, -0.1) is 0 Å². The largest absolute Gasteiger partial charge is 1.00 e. The van der Waals surface area contributed by atoms with Gasteiger partial charge >= 0.3 is 24.8 Å². The topological polar surface area (TPSA) is 37.3 Å². The van der Waals surface area contributed by atoms with Gasteiger partial charge in [-0.1, -0.05) is 29.8 Å². The van der Waals surface area contributed by atoms with E-state index in [0.717, 1.165) is 11.1 Å². The Labute approximate surface area is 97.5 Å². The number of rotatable bonds is 2. The molecule has 1 aromatic rings. The van der Waals surface area contributed by atoms with E-state index in [-0.39, 0.29) is 25.3 Å². The molecule has 0 saturated carbocycles. The Morgan fingerprint density at radius 3 is 2.07 bits per heavy atom. The fourth-order valence-corrected chi connectivity index (χ4v) is 0.881. The summed E-state index contributed by atoms with van der Waals surface area (Å²) in [5, 5.41) is 8.44. The molecule has 14 heavy (non-hydrogen) atoms. The average molecular weight is 186 g/mol. The van der Waals surface area contributed by atoms with Crippen LogP contribution in [0.1, 0.15) is 18.1 Å². The number of carboxylic acid groups (broad SMARTS) is 1. The Morgan fingerprint density at radius 1 is 1.29 bits per heavy atom. The number of hydrogen-bond donors (Lipinski definition) is 1. The number of hydrogen-bond acceptors (Lipinski definition) is 1. The molecule has 0 aliphatic carbocycles. The van der Waals surface area contributed by atoms with Crippen LogP contribution >= 0.6 is 0 Å². The second-order valence-corrected chi connectivity index (χ2v) is 2.56. The van der Waals surface area contributed by atoms with Crippen molar-refractivity contribution in [3.63, 3.8) is 0 Å². The monoisotopic (exact) mass is 186 g/mol. The minimum absolute atomic E-state index is 0. The zero-order valence-electron chi connectivity index (χ0n) is 9.08. The van der Waals surface area contributed by atoms with Gasteiger partial charge in [0.2, 0.25) is 0 Å². The van der Waals surface area contributed by atoms with Gasteiger partial charge in [-0.25, -0.2) is 0 Å². The van der Waals surface area contributed by atoms with E-state index < -0.39 is 5.97 Å². The van der Waals surface area contributed by atoms with Crippen LogP contribution in [-0.2, 0) is 11.2 Å². The van der Waals surface area contributed by atoms with E-state index in [1.165, 1.54) is 0 Å². The van der Waals surface area contributed by atoms with Crippen molar-refractivity contribution in [1.29, 1.82) is 0 Å². The first-order valence-corrected chi connectivity index (χ1v) is 4.16. The summed E-state index contributed by atoms with van der Waals surface area (Å²) in [5.41, 5.74) is 2.00. The molecule has 0 spiro atoms. The second kappa shape index (κ2) is 8.87. The van der Waals surface area contributed by atoms with Crippen molar-refractivity contribution in [2.45, 2.75) is 20.3 Å². The Kier molecular flexibility index (Phi) is 9.97. The van der Waals surface area contributed by atoms with Gasteiger partial charge < -0.3 is 12.0 Å². The summed E-state index contributed by atoms with van der Waals surface area (Å²) in [6, 6.07) is 7.50. The van der Waals surface area contributed by atoms with Crippen LogP contribution in [0.5, 0.6) is 0 Å². The molecule has 1 N–H and O–H groups in total. The summed E-state index contributed by atoms with van der Waals surface area (Å²) >= 11 is 0. The second-order valence-electron chi connectivity index (χ2n) is 2.56. The van der Waals surface area contributed by atoms with E-state index in [9.17, 15) is 4.79 Å². The molecule has 0 aromatic heterocycles. The van der Waals surface area contributed by atoms with Crippen molar-refractivity contribution in [1.82, 2.24) is 0 Å². The first kappa shape index (κ1) is 15.7. The fourth-order valence-electron chi connectivity index (χ4n) is 0.881. The smallest absolute Gasteiger partial charge is 0.481 e. The number of benzene rings is 1. The third-order valence-electron chi connectivity index (χ3n) is 1.48. The molecule has 0 aliphatic heterocycles. The van der Waals surface area contributed by atoms with Crippen molar-refractivity contribution < 1.29 is 28.8 Å². The Balaban J connectivity index is 0. The molecule has 0 fully saturated rings. The Hall–Kier alpha value is -0.713. The summed E-state index contributed by atoms with van der Waals surface area (Å²) in [6.07, 6.45) is 0.111. The van der Waals surface area contributed by atoms with Crippen LogP contribution in [0.2, 0.25) is 0 Å². The molecule has 0 radical (unpaired) electrons. The van der Waals surface area contributed by atoms with Gasteiger partial charge in [-0.3, -0.25) is 4.79 Å². The number of carbonyl (C=O) groups is 1. The fraction of sp³-hybridized carbons (Fsp3) is 0.273. The van der Waals surface area contributed by atoms with Crippen molar-refractivity contribution in [2.75, 3.05) is 0 Å². The first-order chi connectivity index (χ1) is 6.18. The molecule has 1 rings (SSSR count). The van der Waals surface area contributed by atoms with Gasteiger partial charge in [0.15, 0.2) is 0 Å². The van der Waals surface area contributed by atoms with E-state index >= 15 is 0 Å². The number of aliphatic carboxylic acids is 1. The van der Waals surface area contributed by atoms with E-state index in [2.05, 4.69) is 6.92 Å². The molecule has 1 aromatic carbocycles. The summed E-state index contributed by atoms with van der Waals surface area (Å²) in [4.78, 5) is 10.3. The van der Waals surface area contributed by atoms with Crippen LogP contribution in [0.25, 0.3) is 0 Å². The van der Waals surface area contributed by atoms with E-state index in [4.69, 9.17) is 5.11 Å². The standard InChI is InChI=1S/C9H10O2.C2H5.Li/c1-7-2-4-8(5-3-7)6-9(10)11;1-2;/h2-5H,6H2,1H3,(H,10,11);1H2,2H3;/q;-1;+1. The van der Waals surface area contributed by atoms with Gasteiger partial charge in [-0.2, -0.15) is 6.92 Å². The van der Waals surface area contributed by atoms with Crippen LogP contribution < -0.4 is 18.9 Å². The van der Waals surface area contributed by atoms with Crippen molar-refractivity contribution in [3.05, 3.63) is 42.3 Å². The summed E-state index contributed by atoms with van der Waals surface area (Å²) in [7, 11) is 0. The van der Waals surface area contributed by atoms with Crippen LogP contribution in [0.4, 0.5) is 0 Å². The van der Waals surface area contributed by atoms with Gasteiger partial charge in [0, 0.05) is 0 Å². The predicted molar refractivity (Wildman–Crippen MR) is 53.5 cm³/mol. The normalized spacial score (nSPS) is 7.93. The van der Waals surface area contributed by atoms with Gasteiger partial charge in [0.1, 0.15) is 0 Å². The summed E-state index contributed by atoms with van der Waals surface area (Å²) < 4.78 is 0. The molecule has 3 heteroatoms. The molecule has 0 atom stereocenters. The quantitative estimate of drug-likeness (QED) is 0.498. The van der Waals surface area contributed by atoms with Gasteiger partial charge in [-0.05, 0) is 12.5 Å². The van der Waals surface area contributed by atoms with E-state index in [1.807, 2.05) is 31.2 Å². The van der Waals surface area contributed by atoms with Crippen molar-refractivity contribution >= 4 is 5.97 Å². The maximum Gasteiger partial charge on any atom is 1.00 e. The summed E-state index contributed by atoms with van der Waals surface area (Å²) in [6.45, 7) is 6.98. The first-order valence-electron chi connectivity index (χ1n) is 4.16. The molecule has 2 nitrogen and oxygen atoms in total. The molecular formula is C11H15LiO2. The molecule has 0 aliphatic rings. The summed E-state index contributed by atoms with van der Waals surface area (Å²) in [5.74, 6) is -0.783. The van der Waals surface area contributed by atoms with Gasteiger partial charge in [0.25, 0.3) is 0 Å². The molecule has 0 amide bonds. The molecule has 0 saturated heterocycles.